The Kier molecular flexibility index (Phi) is 4.88. The first-order chi connectivity index (χ1) is 13.9. The molecule has 0 saturated heterocycles. The number of hydrogen-bond donors (Lipinski definition) is 1. The number of nitrogens with zero attached hydrogens (tertiary/aromatic N) is 1. The van der Waals surface area contributed by atoms with E-state index in [-0.39, 0.29) is 17.1 Å². The van der Waals surface area contributed by atoms with Gasteiger partial charge in [-0.1, -0.05) is 23.8 Å². The molecule has 1 aromatic heterocycles. The molecule has 0 aliphatic carbocycles. The van der Waals surface area contributed by atoms with Gasteiger partial charge in [-0.2, -0.15) is 0 Å². The van der Waals surface area contributed by atoms with E-state index >= 15 is 0 Å². The minimum absolute atomic E-state index is 0.146. The van der Waals surface area contributed by atoms with Crippen molar-refractivity contribution < 1.29 is 18.8 Å². The molecule has 1 atom stereocenters. The number of methoxy groups -OCH3 is 1. The maximum atomic E-state index is 13.5. The molecular formula is C23H25N2O4+. The van der Waals surface area contributed by atoms with E-state index in [2.05, 4.69) is 0 Å². The van der Waals surface area contributed by atoms with Crippen LogP contribution in [0.25, 0.3) is 11.0 Å². The van der Waals surface area contributed by atoms with Crippen LogP contribution in [0.4, 0.5) is 0 Å². The van der Waals surface area contributed by atoms with Gasteiger partial charge >= 0.3 is 0 Å². The second-order valence-corrected chi connectivity index (χ2v) is 7.81. The number of amides is 1. The summed E-state index contributed by atoms with van der Waals surface area (Å²) in [6.07, 6.45) is 0. The fourth-order valence-electron chi connectivity index (χ4n) is 3.87. The Morgan fingerprint density at radius 1 is 1.14 bits per heavy atom. The Bertz CT molecular complexity index is 1150. The zero-order valence-electron chi connectivity index (χ0n) is 17.1. The van der Waals surface area contributed by atoms with Crippen LogP contribution in [-0.4, -0.2) is 45.1 Å². The van der Waals surface area contributed by atoms with Crippen molar-refractivity contribution in [2.24, 2.45) is 0 Å². The third-order valence-corrected chi connectivity index (χ3v) is 5.38. The number of quaternary nitrogens is 1. The number of hydrogen-bond acceptors (Lipinski definition) is 4. The number of fused-ring (bicyclic) bond motifs is 2. The highest BCUT2D eigenvalue weighted by Crippen LogP contribution is 2.38. The van der Waals surface area contributed by atoms with Gasteiger partial charge in [-0.25, -0.2) is 0 Å². The zero-order valence-corrected chi connectivity index (χ0v) is 17.1. The predicted octanol–water partition coefficient (Wildman–Crippen LogP) is 1.80. The van der Waals surface area contributed by atoms with E-state index in [1.807, 2.05) is 57.4 Å². The van der Waals surface area contributed by atoms with Gasteiger partial charge in [-0.3, -0.25) is 9.59 Å². The van der Waals surface area contributed by atoms with Gasteiger partial charge in [0.05, 0.1) is 51.3 Å². The lowest BCUT2D eigenvalue weighted by Crippen LogP contribution is -3.06. The number of rotatable bonds is 5. The van der Waals surface area contributed by atoms with E-state index in [0.717, 1.165) is 17.7 Å². The van der Waals surface area contributed by atoms with Gasteiger partial charge in [-0.15, -0.1) is 0 Å². The van der Waals surface area contributed by atoms with E-state index in [4.69, 9.17) is 9.15 Å². The molecule has 1 aliphatic rings. The van der Waals surface area contributed by atoms with Crippen molar-refractivity contribution >= 4 is 16.9 Å². The molecule has 3 aromatic rings. The SMILES string of the molecule is COc1cccc([C@H]2c3c(oc4ccc(C)cc4c3=O)C(=O)N2CC[NH+](C)C)c1. The highest BCUT2D eigenvalue weighted by molar-refractivity contribution is 5.99. The monoisotopic (exact) mass is 393 g/mol. The van der Waals surface area contributed by atoms with Gasteiger partial charge < -0.3 is 19.0 Å². The van der Waals surface area contributed by atoms with Gasteiger partial charge in [0.15, 0.2) is 5.43 Å². The summed E-state index contributed by atoms with van der Waals surface area (Å²) in [5, 5.41) is 0.504. The minimum atomic E-state index is -0.492. The first-order valence-corrected chi connectivity index (χ1v) is 9.72. The maximum absolute atomic E-state index is 13.5. The van der Waals surface area contributed by atoms with Crippen molar-refractivity contribution in [1.29, 1.82) is 0 Å². The maximum Gasteiger partial charge on any atom is 0.291 e. The van der Waals surface area contributed by atoms with Crippen LogP contribution in [0.3, 0.4) is 0 Å². The average Bonchev–Trinajstić information content (AvgIpc) is 2.99. The van der Waals surface area contributed by atoms with Crippen molar-refractivity contribution in [2.45, 2.75) is 13.0 Å². The summed E-state index contributed by atoms with van der Waals surface area (Å²) < 4.78 is 11.3. The number of likely N-dealkylation sites (N-methyl/N-ethyl adjacent to an activating group) is 1. The summed E-state index contributed by atoms with van der Waals surface area (Å²) in [5.74, 6) is 0.587. The summed E-state index contributed by atoms with van der Waals surface area (Å²) >= 11 is 0. The van der Waals surface area contributed by atoms with Crippen LogP contribution >= 0.6 is 0 Å². The van der Waals surface area contributed by atoms with Crippen LogP contribution < -0.4 is 15.1 Å². The lowest BCUT2D eigenvalue weighted by Gasteiger charge is -2.25. The number of carbonyl (C=O) groups excluding carboxylic acids is 1. The van der Waals surface area contributed by atoms with Crippen molar-refractivity contribution in [3.8, 4) is 5.75 Å². The third kappa shape index (κ3) is 3.29. The standard InChI is InChI=1S/C23H24N2O4/c1-14-8-9-18-17(12-14)21(26)19-20(15-6-5-7-16(13-15)28-4)25(11-10-24(2)3)23(27)22(19)29-18/h5-9,12-13,20H,10-11H2,1-4H3/p+1/t20-/m0/s1. The summed E-state index contributed by atoms with van der Waals surface area (Å²) in [4.78, 5) is 29.7. The van der Waals surface area contributed by atoms with Crippen LogP contribution in [0, 0.1) is 6.92 Å². The number of aryl methyl sites for hydroxylation is 1. The predicted molar refractivity (Wildman–Crippen MR) is 111 cm³/mol. The molecule has 2 heterocycles. The Balaban J connectivity index is 1.95. The Morgan fingerprint density at radius 3 is 2.66 bits per heavy atom. The lowest BCUT2D eigenvalue weighted by molar-refractivity contribution is -0.857. The number of ether oxygens (including phenoxy) is 1. The van der Waals surface area contributed by atoms with E-state index < -0.39 is 6.04 Å². The molecule has 0 saturated carbocycles. The quantitative estimate of drug-likeness (QED) is 0.718. The first kappa shape index (κ1) is 19.2. The number of nitrogens with one attached hydrogen (secondary N) is 1. The summed E-state index contributed by atoms with van der Waals surface area (Å²) in [6, 6.07) is 12.5. The van der Waals surface area contributed by atoms with Crippen molar-refractivity contribution in [1.82, 2.24) is 4.90 Å². The Labute approximate surface area is 169 Å². The van der Waals surface area contributed by atoms with E-state index in [1.165, 1.54) is 4.90 Å². The van der Waals surface area contributed by atoms with Crippen LogP contribution in [0.5, 0.6) is 5.75 Å². The fraction of sp³-hybridized carbons (Fsp3) is 0.304. The van der Waals surface area contributed by atoms with Crippen LogP contribution in [0.2, 0.25) is 0 Å². The molecule has 6 heteroatoms. The van der Waals surface area contributed by atoms with Gasteiger partial charge in [-0.05, 0) is 36.8 Å². The van der Waals surface area contributed by atoms with Crippen LogP contribution in [0.15, 0.2) is 51.7 Å². The normalized spacial score (nSPS) is 16.0. The molecule has 0 bridgehead atoms. The largest absolute Gasteiger partial charge is 0.497 e. The molecule has 150 valence electrons. The van der Waals surface area contributed by atoms with Crippen molar-refractivity contribution in [3.63, 3.8) is 0 Å². The van der Waals surface area contributed by atoms with Crippen molar-refractivity contribution in [2.75, 3.05) is 34.3 Å². The second-order valence-electron chi connectivity index (χ2n) is 7.81. The Hall–Kier alpha value is -3.12. The number of benzene rings is 2. The molecule has 2 aromatic carbocycles. The molecule has 0 unspecified atom stereocenters. The highest BCUT2D eigenvalue weighted by atomic mass is 16.5. The lowest BCUT2D eigenvalue weighted by atomic mass is 9.98. The van der Waals surface area contributed by atoms with Gasteiger partial charge in [0.1, 0.15) is 11.3 Å². The van der Waals surface area contributed by atoms with Crippen LogP contribution in [0.1, 0.15) is 33.3 Å². The minimum Gasteiger partial charge on any atom is -0.497 e. The molecule has 0 fully saturated rings. The number of carbonyl (C=O) groups is 1. The molecule has 6 nitrogen and oxygen atoms in total. The van der Waals surface area contributed by atoms with E-state index in [0.29, 0.717) is 28.8 Å². The Morgan fingerprint density at radius 2 is 1.93 bits per heavy atom. The van der Waals surface area contributed by atoms with Gasteiger partial charge in [0, 0.05) is 0 Å². The summed E-state index contributed by atoms with van der Waals surface area (Å²) in [6.45, 7) is 3.21. The second kappa shape index (κ2) is 7.37. The van der Waals surface area contributed by atoms with E-state index in [9.17, 15) is 9.59 Å². The fourth-order valence-corrected chi connectivity index (χ4v) is 3.87. The summed E-state index contributed by atoms with van der Waals surface area (Å²) in [5.41, 5.74) is 2.52. The molecule has 4 rings (SSSR count). The molecule has 1 N–H and O–H groups in total. The third-order valence-electron chi connectivity index (χ3n) is 5.38. The van der Waals surface area contributed by atoms with Crippen LogP contribution in [-0.2, 0) is 0 Å². The van der Waals surface area contributed by atoms with Crippen molar-refractivity contribution in [3.05, 3.63) is 75.1 Å². The molecule has 0 radical (unpaired) electrons. The average molecular weight is 393 g/mol. The molecule has 0 spiro atoms. The topological polar surface area (TPSA) is 64.2 Å². The molecule has 29 heavy (non-hydrogen) atoms. The smallest absolute Gasteiger partial charge is 0.291 e. The highest BCUT2D eigenvalue weighted by Gasteiger charge is 2.42. The zero-order chi connectivity index (χ0) is 20.7. The van der Waals surface area contributed by atoms with Gasteiger partial charge in [0.2, 0.25) is 5.76 Å². The van der Waals surface area contributed by atoms with E-state index in [1.54, 1.807) is 18.1 Å². The molecular weight excluding hydrogens is 368 g/mol. The van der Waals surface area contributed by atoms with Gasteiger partial charge in [0.25, 0.3) is 5.91 Å². The molecule has 1 aliphatic heterocycles. The molecule has 1 amide bonds. The first-order valence-electron chi connectivity index (χ1n) is 9.72. The summed E-state index contributed by atoms with van der Waals surface area (Å²) in [7, 11) is 5.67.